The molecule has 0 N–H and O–H groups in total. The molecule has 300 valence electrons. The van der Waals surface area contributed by atoms with Crippen LogP contribution in [0, 0.1) is 11.8 Å². The van der Waals surface area contributed by atoms with Crippen molar-refractivity contribution in [3.05, 3.63) is 225 Å². The van der Waals surface area contributed by atoms with Gasteiger partial charge in [0.05, 0.1) is 0 Å². The Labute approximate surface area is 366 Å². The summed E-state index contributed by atoms with van der Waals surface area (Å²) in [4.78, 5) is 0. The Kier molecular flexibility index (Phi) is 7.18. The summed E-state index contributed by atoms with van der Waals surface area (Å²) in [5.41, 5.74) is 25.4. The fraction of sp³-hybridized carbons (Fsp3) is 0.226. The summed E-state index contributed by atoms with van der Waals surface area (Å²) >= 11 is 0. The van der Waals surface area contributed by atoms with Crippen LogP contribution < -0.4 is 0 Å². The van der Waals surface area contributed by atoms with E-state index >= 15 is 0 Å². The Morgan fingerprint density at radius 3 is 1.84 bits per heavy atom. The molecule has 7 aromatic rings. The van der Waals surface area contributed by atoms with Crippen molar-refractivity contribution in [2.75, 3.05) is 0 Å². The van der Waals surface area contributed by atoms with Crippen LogP contribution in [-0.4, -0.2) is 0 Å². The van der Waals surface area contributed by atoms with Gasteiger partial charge in [0.15, 0.2) is 0 Å². The van der Waals surface area contributed by atoms with Crippen LogP contribution in [0.5, 0.6) is 0 Å². The average molecular weight is 797 g/mol. The highest BCUT2D eigenvalue weighted by Crippen LogP contribution is 2.61. The Hall–Kier alpha value is -6.24. The van der Waals surface area contributed by atoms with E-state index in [9.17, 15) is 0 Å². The molecule has 6 aliphatic carbocycles. The lowest BCUT2D eigenvalue weighted by molar-refractivity contribution is 0.566. The summed E-state index contributed by atoms with van der Waals surface area (Å²) in [6.45, 7) is 17.1. The van der Waals surface area contributed by atoms with E-state index in [1.54, 1.807) is 5.57 Å². The molecule has 0 amide bonds. The molecule has 0 aliphatic heterocycles. The molecule has 3 atom stereocenters. The Balaban J connectivity index is 1.14. The maximum absolute atomic E-state index is 2.65. The first-order valence-corrected chi connectivity index (χ1v) is 23.0. The van der Waals surface area contributed by atoms with E-state index in [0.717, 1.165) is 6.42 Å². The van der Waals surface area contributed by atoms with Gasteiger partial charge in [0.25, 0.3) is 0 Å². The zero-order chi connectivity index (χ0) is 42.0. The number of allylic oxidation sites excluding steroid dienone is 9. The van der Waals surface area contributed by atoms with Crippen LogP contribution in [0.4, 0.5) is 0 Å². The second-order valence-corrected chi connectivity index (χ2v) is 20.8. The minimum Gasteiger partial charge on any atom is -0.0808 e. The third-order valence-corrected chi connectivity index (χ3v) is 16.5. The van der Waals surface area contributed by atoms with Gasteiger partial charge in [-0.2, -0.15) is 0 Å². The van der Waals surface area contributed by atoms with Gasteiger partial charge in [-0.3, -0.25) is 0 Å². The molecule has 0 nitrogen and oxygen atoms in total. The SMILES string of the molecule is CC1C=CC2=C(C1)C(C)(C)c1cc(C3=C4C=CC=CC4C(c4cc5c(c6ccccc46)-c4ccccc4C5(C)C)c4cc5c(cc43)C(C)(C)c3ccccc3-5)c3ccccc3c12. The number of hydrogen-bond donors (Lipinski definition) is 0. The number of fused-ring (bicyclic) bond motifs is 14. The van der Waals surface area contributed by atoms with Crippen molar-refractivity contribution in [3.63, 3.8) is 0 Å². The van der Waals surface area contributed by atoms with E-state index in [-0.39, 0.29) is 28.1 Å². The third kappa shape index (κ3) is 4.53. The summed E-state index contributed by atoms with van der Waals surface area (Å²) in [6, 6.07) is 47.5. The first-order valence-electron chi connectivity index (χ1n) is 23.0. The number of benzene rings is 7. The van der Waals surface area contributed by atoms with E-state index in [0.29, 0.717) is 5.92 Å². The summed E-state index contributed by atoms with van der Waals surface area (Å²) in [5.74, 6) is 0.803. The monoisotopic (exact) mass is 796 g/mol. The smallest absolute Gasteiger partial charge is 0.0206 e. The maximum atomic E-state index is 2.65. The molecule has 0 saturated heterocycles. The quantitative estimate of drug-likeness (QED) is 0.163. The fourth-order valence-electron chi connectivity index (χ4n) is 13.4. The van der Waals surface area contributed by atoms with E-state index in [1.165, 1.54) is 116 Å². The van der Waals surface area contributed by atoms with Crippen molar-refractivity contribution in [3.8, 4) is 22.3 Å². The van der Waals surface area contributed by atoms with Crippen LogP contribution in [0.3, 0.4) is 0 Å². The first-order chi connectivity index (χ1) is 30.0. The lowest BCUT2D eigenvalue weighted by Crippen LogP contribution is -2.25. The van der Waals surface area contributed by atoms with Gasteiger partial charge in [-0.25, -0.2) is 0 Å². The number of rotatable bonds is 2. The normalized spacial score (nSPS) is 22.3. The van der Waals surface area contributed by atoms with Crippen molar-refractivity contribution < 1.29 is 0 Å². The highest BCUT2D eigenvalue weighted by atomic mass is 14.5. The van der Waals surface area contributed by atoms with Crippen molar-refractivity contribution in [2.45, 2.75) is 77.0 Å². The molecule has 13 rings (SSSR count). The van der Waals surface area contributed by atoms with Crippen LogP contribution in [0.15, 0.2) is 169 Å². The van der Waals surface area contributed by atoms with Crippen LogP contribution in [0.1, 0.15) is 116 Å². The Morgan fingerprint density at radius 1 is 0.452 bits per heavy atom. The summed E-state index contributed by atoms with van der Waals surface area (Å²) in [6.07, 6.45) is 15.6. The molecule has 0 heterocycles. The highest BCUT2D eigenvalue weighted by molar-refractivity contribution is 6.10. The molecule has 62 heavy (non-hydrogen) atoms. The summed E-state index contributed by atoms with van der Waals surface area (Å²) < 4.78 is 0. The topological polar surface area (TPSA) is 0 Å². The van der Waals surface area contributed by atoms with Crippen molar-refractivity contribution in [1.29, 1.82) is 0 Å². The second kappa shape index (κ2) is 12.2. The van der Waals surface area contributed by atoms with E-state index < -0.39 is 0 Å². The molecule has 6 aliphatic rings. The van der Waals surface area contributed by atoms with Crippen LogP contribution in [0.2, 0.25) is 0 Å². The number of hydrogen-bond acceptors (Lipinski definition) is 0. The molecule has 0 radical (unpaired) electrons. The largest absolute Gasteiger partial charge is 0.0808 e. The predicted octanol–water partition coefficient (Wildman–Crippen LogP) is 15.9. The van der Waals surface area contributed by atoms with Gasteiger partial charge >= 0.3 is 0 Å². The van der Waals surface area contributed by atoms with Gasteiger partial charge in [0.1, 0.15) is 0 Å². The molecular weight excluding hydrogens is 745 g/mol. The summed E-state index contributed by atoms with van der Waals surface area (Å²) in [5, 5.41) is 5.46. The summed E-state index contributed by atoms with van der Waals surface area (Å²) in [7, 11) is 0. The van der Waals surface area contributed by atoms with Gasteiger partial charge in [-0.05, 0) is 147 Å². The van der Waals surface area contributed by atoms with Crippen molar-refractivity contribution in [2.24, 2.45) is 11.8 Å². The molecule has 0 heteroatoms. The van der Waals surface area contributed by atoms with Crippen molar-refractivity contribution >= 4 is 32.7 Å². The molecular formula is C62H52. The van der Waals surface area contributed by atoms with Crippen LogP contribution in [-0.2, 0) is 16.2 Å². The molecule has 7 aromatic carbocycles. The van der Waals surface area contributed by atoms with Gasteiger partial charge in [0.2, 0.25) is 0 Å². The third-order valence-electron chi connectivity index (χ3n) is 16.5. The minimum atomic E-state index is -0.130. The molecule has 0 fully saturated rings. The van der Waals surface area contributed by atoms with Crippen LogP contribution in [0.25, 0.3) is 54.9 Å². The Bertz CT molecular complexity index is 3360. The Morgan fingerprint density at radius 2 is 1.06 bits per heavy atom. The molecule has 0 saturated carbocycles. The molecule has 0 spiro atoms. The van der Waals surface area contributed by atoms with E-state index in [4.69, 9.17) is 0 Å². The van der Waals surface area contributed by atoms with Gasteiger partial charge in [-0.15, -0.1) is 0 Å². The van der Waals surface area contributed by atoms with Crippen molar-refractivity contribution in [1.82, 2.24) is 0 Å². The standard InChI is InChI=1S/C62H52/c1-35-28-29-44-52(30-35)62(6,7)55-34-48(37-19-9-11-22-40(37)59(44)55)57-42-24-13-12-23-41(42)56(46-31-45-38-20-14-16-26-50(38)60(2,3)53(45)32-49(46)57)47-33-54-58(39-21-10-8-18-36(39)47)43-25-15-17-27-51(43)61(54,4)5/h8-29,31-35,41,56H,30H2,1-7H3. The zero-order valence-corrected chi connectivity index (χ0v) is 37.0. The first kappa shape index (κ1) is 36.4. The van der Waals surface area contributed by atoms with E-state index in [1.807, 2.05) is 0 Å². The second-order valence-electron chi connectivity index (χ2n) is 20.8. The maximum Gasteiger partial charge on any atom is 0.0206 e. The van der Waals surface area contributed by atoms with Crippen LogP contribution >= 0.6 is 0 Å². The molecule has 3 unspecified atom stereocenters. The minimum absolute atomic E-state index is 0.0648. The average Bonchev–Trinajstić information content (AvgIpc) is 3.76. The zero-order valence-electron chi connectivity index (χ0n) is 37.0. The van der Waals surface area contributed by atoms with E-state index in [2.05, 4.69) is 206 Å². The highest BCUT2D eigenvalue weighted by Gasteiger charge is 2.45. The predicted molar refractivity (Wildman–Crippen MR) is 262 cm³/mol. The molecule has 0 bridgehead atoms. The van der Waals surface area contributed by atoms with Gasteiger partial charge in [0, 0.05) is 28.1 Å². The van der Waals surface area contributed by atoms with Gasteiger partial charge < -0.3 is 0 Å². The lowest BCUT2D eigenvalue weighted by Gasteiger charge is -2.39. The fourth-order valence-corrected chi connectivity index (χ4v) is 13.4. The molecule has 0 aromatic heterocycles. The van der Waals surface area contributed by atoms with Gasteiger partial charge in [-0.1, -0.05) is 194 Å². The lowest BCUT2D eigenvalue weighted by atomic mass is 9.64.